The highest BCUT2D eigenvalue weighted by molar-refractivity contribution is 5.58. The summed E-state index contributed by atoms with van der Waals surface area (Å²) in [7, 11) is 1.45. The molecule has 1 aliphatic carbocycles. The summed E-state index contributed by atoms with van der Waals surface area (Å²) in [6.45, 7) is 0. The number of aromatic hydroxyl groups is 2. The second-order valence-corrected chi connectivity index (χ2v) is 4.41. The van der Waals surface area contributed by atoms with Crippen molar-refractivity contribution < 1.29 is 20.1 Å². The average molecular weight is 260 g/mol. The molecule has 0 aliphatic heterocycles. The number of benzene rings is 1. The van der Waals surface area contributed by atoms with E-state index in [1.165, 1.54) is 13.2 Å². The third kappa shape index (κ3) is 3.47. The van der Waals surface area contributed by atoms with Crippen LogP contribution in [-0.2, 0) is 4.74 Å². The zero-order valence-corrected chi connectivity index (χ0v) is 10.6. The van der Waals surface area contributed by atoms with Crippen LogP contribution in [0.5, 0.6) is 11.5 Å². The molecule has 100 valence electrons. The fraction of sp³-hybridized carbons (Fsp3) is 0.200. The topological polar surface area (TPSA) is 69.9 Å². The molecule has 19 heavy (non-hydrogen) atoms. The molecule has 2 rings (SSSR count). The number of aliphatic hydroxyl groups is 1. The van der Waals surface area contributed by atoms with Crippen molar-refractivity contribution in [2.75, 3.05) is 7.11 Å². The Morgan fingerprint density at radius 1 is 1.16 bits per heavy atom. The van der Waals surface area contributed by atoms with Gasteiger partial charge in [0.1, 0.15) is 11.5 Å². The van der Waals surface area contributed by atoms with Crippen molar-refractivity contribution in [3.05, 3.63) is 53.6 Å². The molecule has 3 N–H and O–H groups in total. The van der Waals surface area contributed by atoms with Gasteiger partial charge in [-0.3, -0.25) is 0 Å². The highest BCUT2D eigenvalue weighted by Crippen LogP contribution is 2.24. The number of allylic oxidation sites excluding steroid dienone is 3. The summed E-state index contributed by atoms with van der Waals surface area (Å²) in [5, 5.41) is 28.5. The first-order valence-corrected chi connectivity index (χ1v) is 5.89. The predicted octanol–water partition coefficient (Wildman–Crippen LogP) is 2.33. The largest absolute Gasteiger partial charge is 0.508 e. The smallest absolute Gasteiger partial charge is 0.188 e. The Labute approximate surface area is 111 Å². The monoisotopic (exact) mass is 260 g/mol. The van der Waals surface area contributed by atoms with E-state index in [-0.39, 0.29) is 11.5 Å². The van der Waals surface area contributed by atoms with Gasteiger partial charge in [0, 0.05) is 19.6 Å². The van der Waals surface area contributed by atoms with Crippen LogP contribution in [0.1, 0.15) is 12.0 Å². The van der Waals surface area contributed by atoms with Gasteiger partial charge in [-0.1, -0.05) is 24.3 Å². The minimum absolute atomic E-state index is 0.0153. The molecule has 1 atom stereocenters. The van der Waals surface area contributed by atoms with E-state index in [0.717, 1.165) is 5.57 Å². The number of phenolic OH excluding ortho intramolecular Hbond substituents is 2. The summed E-state index contributed by atoms with van der Waals surface area (Å²) in [5.74, 6) is -1.19. The van der Waals surface area contributed by atoms with E-state index in [4.69, 9.17) is 4.74 Å². The predicted molar refractivity (Wildman–Crippen MR) is 72.6 cm³/mol. The Bertz CT molecular complexity index is 537. The summed E-state index contributed by atoms with van der Waals surface area (Å²) in [5.41, 5.74) is 1.61. The van der Waals surface area contributed by atoms with Gasteiger partial charge in [-0.15, -0.1) is 0 Å². The first-order valence-electron chi connectivity index (χ1n) is 5.89. The van der Waals surface area contributed by atoms with Crippen LogP contribution in [-0.4, -0.2) is 28.2 Å². The Hall–Kier alpha value is -2.04. The van der Waals surface area contributed by atoms with Crippen LogP contribution in [0.15, 0.2) is 48.1 Å². The molecule has 1 aliphatic rings. The second-order valence-electron chi connectivity index (χ2n) is 4.41. The van der Waals surface area contributed by atoms with Gasteiger partial charge in [-0.05, 0) is 29.3 Å². The fourth-order valence-electron chi connectivity index (χ4n) is 1.81. The lowest BCUT2D eigenvalue weighted by molar-refractivity contribution is -0.143. The standard InChI is InChI=1S/C15H16O4/c1-19-15(18)6-4-11(5-7-15)2-3-12-8-13(16)10-14(17)9-12/h2-6,8-10,16-18H,7H2,1H3/b3-2-/t15-/m0/s1. The number of methoxy groups -OCH3 is 1. The highest BCUT2D eigenvalue weighted by Gasteiger charge is 2.23. The summed E-state index contributed by atoms with van der Waals surface area (Å²) in [4.78, 5) is 0. The molecule has 0 heterocycles. The minimum atomic E-state index is -1.22. The van der Waals surface area contributed by atoms with Crippen molar-refractivity contribution in [1.82, 2.24) is 0 Å². The van der Waals surface area contributed by atoms with E-state index < -0.39 is 5.79 Å². The molecule has 0 amide bonds. The van der Waals surface area contributed by atoms with Gasteiger partial charge >= 0.3 is 0 Å². The molecule has 0 saturated heterocycles. The number of hydrogen-bond donors (Lipinski definition) is 3. The van der Waals surface area contributed by atoms with Crippen molar-refractivity contribution in [1.29, 1.82) is 0 Å². The van der Waals surface area contributed by atoms with Crippen molar-refractivity contribution in [3.63, 3.8) is 0 Å². The Kier molecular flexibility index (Phi) is 3.74. The average Bonchev–Trinajstić information content (AvgIpc) is 2.37. The van der Waals surface area contributed by atoms with Crippen LogP contribution in [0.3, 0.4) is 0 Å². The van der Waals surface area contributed by atoms with Crippen molar-refractivity contribution >= 4 is 6.08 Å². The summed E-state index contributed by atoms with van der Waals surface area (Å²) >= 11 is 0. The van der Waals surface area contributed by atoms with Crippen molar-refractivity contribution in [2.24, 2.45) is 0 Å². The maximum absolute atomic E-state index is 9.81. The first kappa shape index (κ1) is 13.4. The molecule has 0 fully saturated rings. The van der Waals surface area contributed by atoms with Gasteiger partial charge in [0.15, 0.2) is 5.79 Å². The van der Waals surface area contributed by atoms with Gasteiger partial charge in [0.05, 0.1) is 0 Å². The SMILES string of the molecule is CO[C@@]1(O)C=CC(/C=C\c2cc(O)cc(O)c2)=CC1. The van der Waals surface area contributed by atoms with E-state index in [1.807, 2.05) is 12.2 Å². The van der Waals surface area contributed by atoms with Crippen molar-refractivity contribution in [2.45, 2.75) is 12.2 Å². The molecule has 0 aromatic heterocycles. The van der Waals surface area contributed by atoms with Crippen LogP contribution in [0.25, 0.3) is 6.08 Å². The number of ether oxygens (including phenoxy) is 1. The lowest BCUT2D eigenvalue weighted by atomic mass is 10.0. The van der Waals surface area contributed by atoms with E-state index in [0.29, 0.717) is 12.0 Å². The van der Waals surface area contributed by atoms with E-state index in [1.54, 1.807) is 30.4 Å². The molecule has 0 unspecified atom stereocenters. The summed E-state index contributed by atoms with van der Waals surface area (Å²) in [6.07, 6.45) is 9.18. The first-order chi connectivity index (χ1) is 9.00. The Balaban J connectivity index is 2.10. The second kappa shape index (κ2) is 5.30. The normalized spacial score (nSPS) is 22.7. The van der Waals surface area contributed by atoms with Crippen LogP contribution < -0.4 is 0 Å². The maximum Gasteiger partial charge on any atom is 0.188 e. The van der Waals surface area contributed by atoms with Crippen LogP contribution >= 0.6 is 0 Å². The fourth-order valence-corrected chi connectivity index (χ4v) is 1.81. The molecule has 0 bridgehead atoms. The Morgan fingerprint density at radius 3 is 2.37 bits per heavy atom. The van der Waals surface area contributed by atoms with Crippen LogP contribution in [0, 0.1) is 0 Å². The minimum Gasteiger partial charge on any atom is -0.508 e. The lowest BCUT2D eigenvalue weighted by Gasteiger charge is -2.23. The van der Waals surface area contributed by atoms with Gasteiger partial charge < -0.3 is 20.1 Å². The van der Waals surface area contributed by atoms with Gasteiger partial charge in [-0.25, -0.2) is 0 Å². The lowest BCUT2D eigenvalue weighted by Crippen LogP contribution is -2.28. The highest BCUT2D eigenvalue weighted by atomic mass is 16.6. The molecule has 0 radical (unpaired) electrons. The molecule has 4 heteroatoms. The van der Waals surface area contributed by atoms with Crippen LogP contribution in [0.4, 0.5) is 0 Å². The van der Waals surface area contributed by atoms with Gasteiger partial charge in [-0.2, -0.15) is 0 Å². The summed E-state index contributed by atoms with van der Waals surface area (Å²) in [6, 6.07) is 4.37. The number of rotatable bonds is 3. The molecule has 1 aromatic rings. The Morgan fingerprint density at radius 2 is 1.84 bits per heavy atom. The van der Waals surface area contributed by atoms with Gasteiger partial charge in [0.2, 0.25) is 0 Å². The van der Waals surface area contributed by atoms with Gasteiger partial charge in [0.25, 0.3) is 0 Å². The molecule has 1 aromatic carbocycles. The number of hydrogen-bond acceptors (Lipinski definition) is 4. The van der Waals surface area contributed by atoms with Crippen molar-refractivity contribution in [3.8, 4) is 11.5 Å². The summed E-state index contributed by atoms with van der Waals surface area (Å²) < 4.78 is 4.96. The molecular weight excluding hydrogens is 244 g/mol. The van der Waals surface area contributed by atoms with E-state index in [9.17, 15) is 15.3 Å². The van der Waals surface area contributed by atoms with Crippen LogP contribution in [0.2, 0.25) is 0 Å². The molecule has 4 nitrogen and oxygen atoms in total. The van der Waals surface area contributed by atoms with E-state index >= 15 is 0 Å². The third-order valence-electron chi connectivity index (χ3n) is 2.91. The zero-order valence-electron chi connectivity index (χ0n) is 10.6. The molecular formula is C15H16O4. The quantitative estimate of drug-likeness (QED) is 0.729. The van der Waals surface area contributed by atoms with E-state index in [2.05, 4.69) is 0 Å². The maximum atomic E-state index is 9.81. The third-order valence-corrected chi connectivity index (χ3v) is 2.91. The number of phenols is 2. The molecule has 0 spiro atoms. The zero-order chi connectivity index (χ0) is 13.9. The molecule has 0 saturated carbocycles.